The van der Waals surface area contributed by atoms with E-state index in [-0.39, 0.29) is 6.42 Å². The third kappa shape index (κ3) is 3.33. The van der Waals surface area contributed by atoms with Crippen molar-refractivity contribution in [1.29, 1.82) is 0 Å². The molecule has 1 N–H and O–H groups in total. The molecule has 0 bridgehead atoms. The van der Waals surface area contributed by atoms with Gasteiger partial charge in [0.25, 0.3) is 0 Å². The lowest BCUT2D eigenvalue weighted by molar-refractivity contribution is -0.137. The second-order valence-corrected chi connectivity index (χ2v) is 6.36. The van der Waals surface area contributed by atoms with Gasteiger partial charge in [-0.2, -0.15) is 0 Å². The molecule has 6 heteroatoms. The zero-order valence-electron chi connectivity index (χ0n) is 13.4. The predicted octanol–water partition coefficient (Wildman–Crippen LogP) is 3.82. The fourth-order valence-corrected chi connectivity index (χ4v) is 3.32. The molecule has 3 rings (SSSR count). The van der Waals surface area contributed by atoms with E-state index in [0.717, 1.165) is 6.42 Å². The second kappa shape index (κ2) is 7.13. The lowest BCUT2D eigenvalue weighted by atomic mass is 9.98. The minimum absolute atomic E-state index is 0.0423. The van der Waals surface area contributed by atoms with E-state index in [4.69, 9.17) is 5.11 Å². The first-order chi connectivity index (χ1) is 11.6. The number of halogens is 1. The topological polar surface area (TPSA) is 68.0 Å². The van der Waals surface area contributed by atoms with E-state index < -0.39 is 5.97 Å². The molecule has 1 aromatic heterocycles. The van der Waals surface area contributed by atoms with Crippen LogP contribution in [0.3, 0.4) is 0 Å². The molecule has 0 amide bonds. The number of hydrogen-bond acceptors (Lipinski definition) is 3. The van der Waals surface area contributed by atoms with E-state index in [2.05, 4.69) is 63.4 Å². The molecule has 0 radical (unpaired) electrons. The predicted molar refractivity (Wildman–Crippen MR) is 96.1 cm³/mol. The highest BCUT2D eigenvalue weighted by molar-refractivity contribution is 9.10. The average Bonchev–Trinajstić information content (AvgIpc) is 2.93. The first kappa shape index (κ1) is 16.6. The molecule has 3 aromatic rings. The molecule has 0 spiro atoms. The van der Waals surface area contributed by atoms with Crippen molar-refractivity contribution in [3.63, 3.8) is 0 Å². The van der Waals surface area contributed by atoms with Crippen molar-refractivity contribution in [1.82, 2.24) is 14.8 Å². The van der Waals surface area contributed by atoms with Gasteiger partial charge in [0.2, 0.25) is 0 Å². The minimum Gasteiger partial charge on any atom is -0.481 e. The smallest absolute Gasteiger partial charge is 0.303 e. The van der Waals surface area contributed by atoms with Gasteiger partial charge in [0, 0.05) is 6.42 Å². The Morgan fingerprint density at radius 2 is 1.79 bits per heavy atom. The van der Waals surface area contributed by atoms with Crippen LogP contribution in [0.2, 0.25) is 0 Å². The molecule has 5 nitrogen and oxygen atoms in total. The number of carboxylic acid groups (broad SMARTS) is 1. The summed E-state index contributed by atoms with van der Waals surface area (Å²) < 4.78 is 2.54. The Labute approximate surface area is 148 Å². The van der Waals surface area contributed by atoms with E-state index in [1.54, 1.807) is 0 Å². The van der Waals surface area contributed by atoms with Crippen LogP contribution in [-0.2, 0) is 24.2 Å². The number of rotatable bonds is 6. The summed E-state index contributed by atoms with van der Waals surface area (Å²) in [6.45, 7) is 2.76. The van der Waals surface area contributed by atoms with Crippen LogP contribution < -0.4 is 0 Å². The van der Waals surface area contributed by atoms with E-state index in [9.17, 15) is 4.79 Å². The van der Waals surface area contributed by atoms with E-state index in [1.165, 1.54) is 21.9 Å². The summed E-state index contributed by atoms with van der Waals surface area (Å²) in [4.78, 5) is 10.8. The lowest BCUT2D eigenvalue weighted by Crippen LogP contribution is -2.08. The maximum atomic E-state index is 10.8. The molecule has 1 heterocycles. The van der Waals surface area contributed by atoms with Gasteiger partial charge in [-0.3, -0.25) is 4.79 Å². The number of nitrogens with zero attached hydrogens (tertiary/aromatic N) is 3. The highest BCUT2D eigenvalue weighted by atomic mass is 79.9. The van der Waals surface area contributed by atoms with Crippen molar-refractivity contribution in [2.45, 2.75) is 32.7 Å². The molecular formula is C18H18BrN3O2. The summed E-state index contributed by atoms with van der Waals surface area (Å²) in [5.41, 5.74) is 2.49. The summed E-state index contributed by atoms with van der Waals surface area (Å²) in [5.74, 6) is -0.161. The summed E-state index contributed by atoms with van der Waals surface area (Å²) in [5, 5.41) is 19.5. The quantitative estimate of drug-likeness (QED) is 0.697. The van der Waals surface area contributed by atoms with Gasteiger partial charge in [-0.05, 0) is 44.3 Å². The van der Waals surface area contributed by atoms with E-state index >= 15 is 0 Å². The number of aromatic nitrogens is 3. The molecule has 0 saturated carbocycles. The Hall–Kier alpha value is -2.21. The molecule has 0 aliphatic heterocycles. The third-order valence-corrected chi connectivity index (χ3v) is 4.75. The summed E-state index contributed by atoms with van der Waals surface area (Å²) in [6.07, 6.45) is 1.39. The number of aliphatic carboxylic acids is 1. The Bertz CT molecular complexity index is 889. The van der Waals surface area contributed by atoms with Crippen molar-refractivity contribution in [3.8, 4) is 0 Å². The van der Waals surface area contributed by atoms with Gasteiger partial charge >= 0.3 is 5.97 Å². The Balaban J connectivity index is 1.99. The molecular weight excluding hydrogens is 370 g/mol. The number of carboxylic acids is 1. The molecule has 24 heavy (non-hydrogen) atoms. The zero-order chi connectivity index (χ0) is 17.1. The van der Waals surface area contributed by atoms with Gasteiger partial charge < -0.3 is 9.67 Å². The van der Waals surface area contributed by atoms with Gasteiger partial charge in [0.15, 0.2) is 4.73 Å². The third-order valence-electron chi connectivity index (χ3n) is 4.16. The molecule has 0 fully saturated rings. The Morgan fingerprint density at radius 1 is 1.12 bits per heavy atom. The van der Waals surface area contributed by atoms with Gasteiger partial charge in [-0.1, -0.05) is 43.3 Å². The van der Waals surface area contributed by atoms with Gasteiger partial charge in [-0.25, -0.2) is 0 Å². The average molecular weight is 388 g/mol. The number of aryl methyl sites for hydroxylation is 2. The maximum Gasteiger partial charge on any atom is 0.303 e. The summed E-state index contributed by atoms with van der Waals surface area (Å²) >= 11 is 3.42. The van der Waals surface area contributed by atoms with Crippen molar-refractivity contribution in [3.05, 3.63) is 58.1 Å². The Kier molecular flexibility index (Phi) is 4.94. The second-order valence-electron chi connectivity index (χ2n) is 5.65. The van der Waals surface area contributed by atoms with Crippen LogP contribution >= 0.6 is 15.9 Å². The van der Waals surface area contributed by atoms with Gasteiger partial charge in [-0.15, -0.1) is 10.2 Å². The SMILES string of the molecule is CCc1ccc(Cn2c(Br)nnc2CCC(=O)O)c2ccccc12. The van der Waals surface area contributed by atoms with Crippen LogP contribution in [-0.4, -0.2) is 25.8 Å². The van der Waals surface area contributed by atoms with Crippen LogP contribution in [0.15, 0.2) is 41.1 Å². The first-order valence-electron chi connectivity index (χ1n) is 7.89. The number of fused-ring (bicyclic) bond motifs is 1. The Morgan fingerprint density at radius 3 is 2.46 bits per heavy atom. The minimum atomic E-state index is -0.835. The lowest BCUT2D eigenvalue weighted by Gasteiger charge is -2.13. The van der Waals surface area contributed by atoms with Crippen LogP contribution in [0.4, 0.5) is 0 Å². The monoisotopic (exact) mass is 387 g/mol. The van der Waals surface area contributed by atoms with Crippen LogP contribution in [0, 0.1) is 0 Å². The van der Waals surface area contributed by atoms with Gasteiger partial charge in [0.1, 0.15) is 5.82 Å². The zero-order valence-corrected chi connectivity index (χ0v) is 15.0. The fourth-order valence-electron chi connectivity index (χ4n) is 2.91. The first-order valence-corrected chi connectivity index (χ1v) is 8.68. The molecule has 0 atom stereocenters. The molecule has 0 unspecified atom stereocenters. The van der Waals surface area contributed by atoms with E-state index in [1.807, 2.05) is 10.6 Å². The van der Waals surface area contributed by atoms with Crippen molar-refractivity contribution in [2.75, 3.05) is 0 Å². The molecule has 0 aliphatic rings. The van der Waals surface area contributed by atoms with Crippen molar-refractivity contribution >= 4 is 32.7 Å². The summed E-state index contributed by atoms with van der Waals surface area (Å²) in [7, 11) is 0. The fraction of sp³-hybridized carbons (Fsp3) is 0.278. The normalized spacial score (nSPS) is 11.1. The highest BCUT2D eigenvalue weighted by Crippen LogP contribution is 2.25. The number of benzene rings is 2. The molecule has 0 saturated heterocycles. The van der Waals surface area contributed by atoms with E-state index in [0.29, 0.717) is 23.5 Å². The summed E-state index contributed by atoms with van der Waals surface area (Å²) in [6, 6.07) is 12.7. The molecule has 0 aliphatic carbocycles. The van der Waals surface area contributed by atoms with Crippen LogP contribution in [0.25, 0.3) is 10.8 Å². The number of hydrogen-bond donors (Lipinski definition) is 1. The maximum absolute atomic E-state index is 10.8. The van der Waals surface area contributed by atoms with Crippen molar-refractivity contribution in [2.24, 2.45) is 0 Å². The molecule has 124 valence electrons. The highest BCUT2D eigenvalue weighted by Gasteiger charge is 2.13. The van der Waals surface area contributed by atoms with Crippen LogP contribution in [0.1, 0.15) is 30.3 Å². The van der Waals surface area contributed by atoms with Crippen LogP contribution in [0.5, 0.6) is 0 Å². The number of carbonyl (C=O) groups is 1. The standard InChI is InChI=1S/C18H18BrN3O2/c1-2-12-7-8-13(15-6-4-3-5-14(12)15)11-22-16(9-10-17(23)24)20-21-18(22)19/h3-8H,2,9-11H2,1H3,(H,23,24). The van der Waals surface area contributed by atoms with Gasteiger partial charge in [0.05, 0.1) is 13.0 Å². The largest absolute Gasteiger partial charge is 0.481 e. The van der Waals surface area contributed by atoms with Crippen molar-refractivity contribution < 1.29 is 9.90 Å². The molecule has 2 aromatic carbocycles.